The fraction of sp³-hybridized carbons (Fsp3) is 0.471. The maximum absolute atomic E-state index is 13.8. The summed E-state index contributed by atoms with van der Waals surface area (Å²) < 4.78 is 15.7. The van der Waals surface area contributed by atoms with Crippen LogP contribution in [0.25, 0.3) is 0 Å². The van der Waals surface area contributed by atoms with Gasteiger partial charge in [0.05, 0.1) is 5.69 Å². The molecule has 23 heavy (non-hydrogen) atoms. The van der Waals surface area contributed by atoms with Crippen LogP contribution in [0.1, 0.15) is 34.8 Å². The van der Waals surface area contributed by atoms with Gasteiger partial charge in [0.25, 0.3) is 0 Å². The van der Waals surface area contributed by atoms with Crippen LogP contribution in [0.15, 0.2) is 18.2 Å². The first-order valence-corrected chi connectivity index (χ1v) is 7.69. The minimum Gasteiger partial charge on any atom is -0.363 e. The first-order chi connectivity index (χ1) is 10.5. The molecule has 1 N–H and O–H groups in total. The summed E-state index contributed by atoms with van der Waals surface area (Å²) in [6, 6.07) is 5.61. The van der Waals surface area contributed by atoms with Gasteiger partial charge < -0.3 is 10.2 Å². The average molecular weight is 339 g/mol. The Hall–Kier alpha value is -1.59. The van der Waals surface area contributed by atoms with Gasteiger partial charge in [-0.1, -0.05) is 12.1 Å². The number of halogens is 2. The van der Waals surface area contributed by atoms with Crippen molar-refractivity contribution in [2.45, 2.75) is 32.4 Å². The number of hydrogen-bond acceptors (Lipinski definition) is 3. The molecule has 1 aromatic heterocycles. The van der Waals surface area contributed by atoms with Gasteiger partial charge in [0.15, 0.2) is 0 Å². The van der Waals surface area contributed by atoms with Crippen LogP contribution in [0.2, 0.25) is 0 Å². The summed E-state index contributed by atoms with van der Waals surface area (Å²) >= 11 is 0. The molecule has 1 atom stereocenters. The number of nitrogens with one attached hydrogen (secondary N) is 1. The van der Waals surface area contributed by atoms with E-state index in [1.807, 2.05) is 38.8 Å². The first-order valence-electron chi connectivity index (χ1n) is 7.69. The van der Waals surface area contributed by atoms with Crippen molar-refractivity contribution in [1.29, 1.82) is 0 Å². The summed E-state index contributed by atoms with van der Waals surface area (Å²) in [6.07, 6.45) is 1.76. The van der Waals surface area contributed by atoms with Gasteiger partial charge in [0, 0.05) is 39.3 Å². The molecule has 4 nitrogen and oxygen atoms in total. The largest absolute Gasteiger partial charge is 0.363 e. The monoisotopic (exact) mass is 338 g/mol. The highest BCUT2D eigenvalue weighted by Crippen LogP contribution is 2.33. The van der Waals surface area contributed by atoms with Crippen molar-refractivity contribution in [3.63, 3.8) is 0 Å². The molecular formula is C17H24ClFN4. The molecule has 0 aliphatic heterocycles. The lowest BCUT2D eigenvalue weighted by Gasteiger charge is -2.18. The Balaban J connectivity index is 0.00000192. The SMILES string of the molecule is Cc1nn(C)c(N(C)C)c1CNC1CCc2c(F)cccc21.Cl. The molecule has 0 amide bonds. The molecule has 0 saturated heterocycles. The van der Waals surface area contributed by atoms with E-state index in [0.717, 1.165) is 42.0 Å². The molecule has 6 heteroatoms. The van der Waals surface area contributed by atoms with Crippen LogP contribution in [-0.4, -0.2) is 23.9 Å². The predicted molar refractivity (Wildman–Crippen MR) is 93.8 cm³/mol. The molecule has 126 valence electrons. The predicted octanol–water partition coefficient (Wildman–Crippen LogP) is 3.13. The lowest BCUT2D eigenvalue weighted by Crippen LogP contribution is -2.21. The van der Waals surface area contributed by atoms with Crippen LogP contribution >= 0.6 is 12.4 Å². The Bertz CT molecular complexity index is 696. The molecule has 1 aromatic carbocycles. The molecule has 3 rings (SSSR count). The van der Waals surface area contributed by atoms with E-state index in [-0.39, 0.29) is 24.3 Å². The third-order valence-electron chi connectivity index (χ3n) is 4.48. The maximum Gasteiger partial charge on any atom is 0.130 e. The Kier molecular flexibility index (Phi) is 5.32. The Morgan fingerprint density at radius 3 is 2.83 bits per heavy atom. The van der Waals surface area contributed by atoms with Gasteiger partial charge >= 0.3 is 0 Å². The second-order valence-electron chi connectivity index (χ2n) is 6.19. The molecule has 1 heterocycles. The Labute approximate surface area is 143 Å². The van der Waals surface area contributed by atoms with Crippen LogP contribution in [0, 0.1) is 12.7 Å². The third-order valence-corrected chi connectivity index (χ3v) is 4.48. The van der Waals surface area contributed by atoms with E-state index in [1.54, 1.807) is 12.1 Å². The summed E-state index contributed by atoms with van der Waals surface area (Å²) in [5, 5.41) is 8.09. The molecule has 2 aromatic rings. The van der Waals surface area contributed by atoms with Gasteiger partial charge in [-0.05, 0) is 37.0 Å². The van der Waals surface area contributed by atoms with Crippen LogP contribution in [0.4, 0.5) is 10.2 Å². The standard InChI is InChI=1S/C17H23FN4.ClH/c1-11-14(17(21(2)3)22(4)20-11)10-19-16-9-8-12-13(16)6-5-7-15(12)18;/h5-7,16,19H,8-10H2,1-4H3;1H. The smallest absolute Gasteiger partial charge is 0.130 e. The molecule has 0 radical (unpaired) electrons. The minimum absolute atomic E-state index is 0. The number of benzene rings is 1. The van der Waals surface area contributed by atoms with Gasteiger partial charge in [-0.2, -0.15) is 5.10 Å². The fourth-order valence-electron chi connectivity index (χ4n) is 3.50. The number of aryl methyl sites for hydroxylation is 2. The number of aromatic nitrogens is 2. The molecule has 0 saturated carbocycles. The van der Waals surface area contributed by atoms with E-state index < -0.39 is 0 Å². The highest BCUT2D eigenvalue weighted by Gasteiger charge is 2.25. The van der Waals surface area contributed by atoms with Crippen molar-refractivity contribution >= 4 is 18.2 Å². The van der Waals surface area contributed by atoms with Gasteiger partial charge in [-0.15, -0.1) is 12.4 Å². The van der Waals surface area contributed by atoms with Crippen molar-refractivity contribution in [3.05, 3.63) is 46.4 Å². The van der Waals surface area contributed by atoms with Crippen molar-refractivity contribution in [1.82, 2.24) is 15.1 Å². The van der Waals surface area contributed by atoms with E-state index >= 15 is 0 Å². The second-order valence-corrected chi connectivity index (χ2v) is 6.19. The van der Waals surface area contributed by atoms with Crippen LogP contribution < -0.4 is 10.2 Å². The Morgan fingerprint density at radius 2 is 2.13 bits per heavy atom. The fourth-order valence-corrected chi connectivity index (χ4v) is 3.50. The van der Waals surface area contributed by atoms with E-state index in [1.165, 1.54) is 5.56 Å². The van der Waals surface area contributed by atoms with Crippen molar-refractivity contribution < 1.29 is 4.39 Å². The van der Waals surface area contributed by atoms with E-state index in [4.69, 9.17) is 0 Å². The number of rotatable bonds is 4. The van der Waals surface area contributed by atoms with Crippen LogP contribution in [0.5, 0.6) is 0 Å². The molecule has 0 spiro atoms. The van der Waals surface area contributed by atoms with Crippen molar-refractivity contribution in [2.75, 3.05) is 19.0 Å². The minimum atomic E-state index is -0.0756. The molecule has 1 aliphatic carbocycles. The quantitative estimate of drug-likeness (QED) is 0.929. The zero-order chi connectivity index (χ0) is 15.9. The van der Waals surface area contributed by atoms with Crippen molar-refractivity contribution in [2.24, 2.45) is 7.05 Å². The number of nitrogens with zero attached hydrogens (tertiary/aromatic N) is 3. The summed E-state index contributed by atoms with van der Waals surface area (Å²) in [7, 11) is 6.02. The Morgan fingerprint density at radius 1 is 1.39 bits per heavy atom. The van der Waals surface area contributed by atoms with Crippen molar-refractivity contribution in [3.8, 4) is 0 Å². The van der Waals surface area contributed by atoms with Gasteiger partial charge in [0.1, 0.15) is 11.6 Å². The van der Waals surface area contributed by atoms with Gasteiger partial charge in [0.2, 0.25) is 0 Å². The van der Waals surface area contributed by atoms with Gasteiger partial charge in [-0.25, -0.2) is 4.39 Å². The number of fused-ring (bicyclic) bond motifs is 1. The summed E-state index contributed by atoms with van der Waals surface area (Å²) in [5.41, 5.74) is 4.22. The zero-order valence-electron chi connectivity index (χ0n) is 14.1. The summed E-state index contributed by atoms with van der Waals surface area (Å²) in [4.78, 5) is 2.08. The van der Waals surface area contributed by atoms with Crippen LogP contribution in [0.3, 0.4) is 0 Å². The molecule has 1 aliphatic rings. The maximum atomic E-state index is 13.8. The summed E-state index contributed by atoms with van der Waals surface area (Å²) in [5.74, 6) is 1.04. The highest BCUT2D eigenvalue weighted by atomic mass is 35.5. The highest BCUT2D eigenvalue weighted by molar-refractivity contribution is 5.85. The number of hydrogen-bond donors (Lipinski definition) is 1. The van der Waals surface area contributed by atoms with E-state index in [9.17, 15) is 4.39 Å². The lowest BCUT2D eigenvalue weighted by molar-refractivity contribution is 0.529. The van der Waals surface area contributed by atoms with Crippen LogP contribution in [-0.2, 0) is 20.0 Å². The lowest BCUT2D eigenvalue weighted by atomic mass is 10.1. The summed E-state index contributed by atoms with van der Waals surface area (Å²) in [6.45, 7) is 2.78. The number of anilines is 1. The van der Waals surface area contributed by atoms with E-state index in [2.05, 4.69) is 15.3 Å². The second kappa shape index (κ2) is 6.89. The van der Waals surface area contributed by atoms with Gasteiger partial charge in [-0.3, -0.25) is 4.68 Å². The normalized spacial score (nSPS) is 16.1. The molecule has 1 unspecified atom stereocenters. The zero-order valence-corrected chi connectivity index (χ0v) is 14.9. The topological polar surface area (TPSA) is 33.1 Å². The first kappa shape index (κ1) is 17.8. The molecular weight excluding hydrogens is 315 g/mol. The molecule has 0 bridgehead atoms. The molecule has 0 fully saturated rings. The average Bonchev–Trinajstić information content (AvgIpc) is 2.98. The van der Waals surface area contributed by atoms with E-state index in [0.29, 0.717) is 0 Å². The third kappa shape index (κ3) is 3.21.